The first-order chi connectivity index (χ1) is 10.3. The van der Waals surface area contributed by atoms with Crippen LogP contribution >= 0.6 is 0 Å². The van der Waals surface area contributed by atoms with Gasteiger partial charge in [0.2, 0.25) is 0 Å². The minimum absolute atomic E-state index is 0.242. The van der Waals surface area contributed by atoms with E-state index in [4.69, 9.17) is 19.3 Å². The predicted octanol–water partition coefficient (Wildman–Crippen LogP) is 1.97. The summed E-state index contributed by atoms with van der Waals surface area (Å²) in [5.74, 6) is 1.52. The monoisotopic (exact) mass is 297 g/mol. The van der Waals surface area contributed by atoms with Crippen LogP contribution < -0.4 is 14.8 Å². The molecular weight excluding hydrogens is 270 g/mol. The van der Waals surface area contributed by atoms with E-state index >= 15 is 0 Å². The van der Waals surface area contributed by atoms with Crippen molar-refractivity contribution >= 4 is 0 Å². The van der Waals surface area contributed by atoms with Gasteiger partial charge in [-0.2, -0.15) is 0 Å². The third-order valence-electron chi connectivity index (χ3n) is 3.10. The molecule has 1 aromatic rings. The average molecular weight is 297 g/mol. The van der Waals surface area contributed by atoms with Crippen molar-refractivity contribution < 1.29 is 19.3 Å². The van der Waals surface area contributed by atoms with Gasteiger partial charge in [-0.25, -0.2) is 0 Å². The van der Waals surface area contributed by atoms with E-state index in [2.05, 4.69) is 5.32 Å². The lowest BCUT2D eigenvalue weighted by Gasteiger charge is -2.13. The number of methoxy groups -OCH3 is 2. The van der Waals surface area contributed by atoms with Crippen LogP contribution in [0.15, 0.2) is 18.2 Å². The molecule has 0 aliphatic rings. The number of aliphatic hydroxyl groups excluding tert-OH is 1. The van der Waals surface area contributed by atoms with Gasteiger partial charge in [-0.15, -0.1) is 0 Å². The van der Waals surface area contributed by atoms with E-state index in [0.717, 1.165) is 49.4 Å². The van der Waals surface area contributed by atoms with Gasteiger partial charge in [0.05, 0.1) is 20.3 Å². The SMILES string of the molecule is COCCNCc1ccc(OC)c(OCCCCCO)c1. The molecule has 5 heteroatoms. The Labute approximate surface area is 127 Å². The standard InChI is InChI=1S/C16H27NO4/c1-19-11-8-17-13-14-6-7-15(20-2)16(12-14)21-10-5-3-4-9-18/h6-7,12,17-18H,3-5,8-11,13H2,1-2H3. The van der Waals surface area contributed by atoms with Gasteiger partial charge in [-0.3, -0.25) is 0 Å². The molecule has 0 aromatic heterocycles. The van der Waals surface area contributed by atoms with Crippen molar-refractivity contribution in [1.29, 1.82) is 0 Å². The molecule has 0 spiro atoms. The van der Waals surface area contributed by atoms with Crippen LogP contribution in [0.1, 0.15) is 24.8 Å². The summed E-state index contributed by atoms with van der Waals surface area (Å²) >= 11 is 0. The van der Waals surface area contributed by atoms with E-state index < -0.39 is 0 Å². The maximum absolute atomic E-state index is 8.75. The third kappa shape index (κ3) is 7.32. The maximum Gasteiger partial charge on any atom is 0.161 e. The normalized spacial score (nSPS) is 10.6. The van der Waals surface area contributed by atoms with Gasteiger partial charge in [0, 0.05) is 26.8 Å². The van der Waals surface area contributed by atoms with E-state index in [0.29, 0.717) is 13.2 Å². The lowest BCUT2D eigenvalue weighted by atomic mass is 10.2. The van der Waals surface area contributed by atoms with Crippen molar-refractivity contribution in [2.75, 3.05) is 40.6 Å². The van der Waals surface area contributed by atoms with E-state index in [1.165, 1.54) is 0 Å². The van der Waals surface area contributed by atoms with Crippen LogP contribution in [0.2, 0.25) is 0 Å². The number of hydrogen-bond acceptors (Lipinski definition) is 5. The van der Waals surface area contributed by atoms with Crippen LogP contribution in [0.5, 0.6) is 11.5 Å². The molecule has 0 radical (unpaired) electrons. The minimum atomic E-state index is 0.242. The second-order valence-electron chi connectivity index (χ2n) is 4.79. The van der Waals surface area contributed by atoms with E-state index in [1.807, 2.05) is 18.2 Å². The van der Waals surface area contributed by atoms with Gasteiger partial charge >= 0.3 is 0 Å². The number of benzene rings is 1. The predicted molar refractivity (Wildman–Crippen MR) is 83.0 cm³/mol. The van der Waals surface area contributed by atoms with Gasteiger partial charge in [0.25, 0.3) is 0 Å². The second kappa shape index (κ2) is 11.4. The van der Waals surface area contributed by atoms with Crippen molar-refractivity contribution in [1.82, 2.24) is 5.32 Å². The Morgan fingerprint density at radius 1 is 1.05 bits per heavy atom. The van der Waals surface area contributed by atoms with Crippen molar-refractivity contribution in [2.45, 2.75) is 25.8 Å². The zero-order chi connectivity index (χ0) is 15.3. The lowest BCUT2D eigenvalue weighted by Crippen LogP contribution is -2.18. The van der Waals surface area contributed by atoms with Crippen LogP contribution in [-0.2, 0) is 11.3 Å². The minimum Gasteiger partial charge on any atom is -0.493 e. The van der Waals surface area contributed by atoms with Crippen LogP contribution in [-0.4, -0.2) is 45.7 Å². The number of aliphatic hydroxyl groups is 1. The Morgan fingerprint density at radius 2 is 1.90 bits per heavy atom. The van der Waals surface area contributed by atoms with Gasteiger partial charge in [0.1, 0.15) is 0 Å². The molecule has 0 bridgehead atoms. The maximum atomic E-state index is 8.75. The Balaban J connectivity index is 2.46. The molecule has 2 N–H and O–H groups in total. The molecule has 0 amide bonds. The summed E-state index contributed by atoms with van der Waals surface area (Å²) in [6.45, 7) is 3.17. The summed E-state index contributed by atoms with van der Waals surface area (Å²) in [6.07, 6.45) is 2.72. The highest BCUT2D eigenvalue weighted by Gasteiger charge is 2.05. The Bertz CT molecular complexity index is 385. The van der Waals surface area contributed by atoms with Crippen LogP contribution in [0.25, 0.3) is 0 Å². The number of hydrogen-bond donors (Lipinski definition) is 2. The van der Waals surface area contributed by atoms with Gasteiger partial charge < -0.3 is 24.6 Å². The Kier molecular flexibility index (Phi) is 9.61. The zero-order valence-electron chi connectivity index (χ0n) is 13.1. The largest absolute Gasteiger partial charge is 0.493 e. The van der Waals surface area contributed by atoms with E-state index in [1.54, 1.807) is 14.2 Å². The number of nitrogens with one attached hydrogen (secondary N) is 1. The first kappa shape index (κ1) is 17.8. The van der Waals surface area contributed by atoms with Crippen molar-refractivity contribution in [3.8, 4) is 11.5 Å². The molecular formula is C16H27NO4. The second-order valence-corrected chi connectivity index (χ2v) is 4.79. The van der Waals surface area contributed by atoms with Crippen molar-refractivity contribution in [3.05, 3.63) is 23.8 Å². The third-order valence-corrected chi connectivity index (χ3v) is 3.10. The summed E-state index contributed by atoms with van der Waals surface area (Å²) < 4.78 is 16.1. The molecule has 0 saturated heterocycles. The molecule has 0 aliphatic carbocycles. The molecule has 21 heavy (non-hydrogen) atoms. The summed E-state index contributed by atoms with van der Waals surface area (Å²) in [5, 5.41) is 12.0. The van der Waals surface area contributed by atoms with Gasteiger partial charge in [-0.1, -0.05) is 6.07 Å². The molecule has 1 aromatic carbocycles. The number of rotatable bonds is 12. The van der Waals surface area contributed by atoms with E-state index in [9.17, 15) is 0 Å². The van der Waals surface area contributed by atoms with E-state index in [-0.39, 0.29) is 6.61 Å². The summed E-state index contributed by atoms with van der Waals surface area (Å²) in [6, 6.07) is 5.96. The summed E-state index contributed by atoms with van der Waals surface area (Å²) in [5.41, 5.74) is 1.15. The first-order valence-electron chi connectivity index (χ1n) is 7.42. The van der Waals surface area contributed by atoms with Gasteiger partial charge in [0.15, 0.2) is 11.5 Å². The van der Waals surface area contributed by atoms with Crippen molar-refractivity contribution in [3.63, 3.8) is 0 Å². The highest BCUT2D eigenvalue weighted by molar-refractivity contribution is 5.42. The lowest BCUT2D eigenvalue weighted by molar-refractivity contribution is 0.199. The molecule has 1 rings (SSSR count). The van der Waals surface area contributed by atoms with Crippen molar-refractivity contribution in [2.24, 2.45) is 0 Å². The molecule has 0 unspecified atom stereocenters. The van der Waals surface area contributed by atoms with Gasteiger partial charge in [-0.05, 0) is 37.0 Å². The average Bonchev–Trinajstić information content (AvgIpc) is 2.51. The molecule has 0 atom stereocenters. The molecule has 120 valence electrons. The van der Waals surface area contributed by atoms with Crippen LogP contribution in [0, 0.1) is 0 Å². The Hall–Kier alpha value is -1.30. The smallest absolute Gasteiger partial charge is 0.161 e. The fraction of sp³-hybridized carbons (Fsp3) is 0.625. The topological polar surface area (TPSA) is 60.0 Å². The molecule has 0 heterocycles. The first-order valence-corrected chi connectivity index (χ1v) is 7.42. The zero-order valence-corrected chi connectivity index (χ0v) is 13.1. The fourth-order valence-electron chi connectivity index (χ4n) is 1.92. The van der Waals surface area contributed by atoms with Crippen LogP contribution in [0.4, 0.5) is 0 Å². The number of unbranched alkanes of at least 4 members (excludes halogenated alkanes) is 2. The molecule has 5 nitrogen and oxygen atoms in total. The number of ether oxygens (including phenoxy) is 3. The fourth-order valence-corrected chi connectivity index (χ4v) is 1.92. The molecule has 0 saturated carbocycles. The molecule has 0 fully saturated rings. The summed E-state index contributed by atoms with van der Waals surface area (Å²) in [4.78, 5) is 0. The Morgan fingerprint density at radius 3 is 2.62 bits per heavy atom. The quantitative estimate of drug-likeness (QED) is 0.578. The summed E-state index contributed by atoms with van der Waals surface area (Å²) in [7, 11) is 3.34. The van der Waals surface area contributed by atoms with Crippen LogP contribution in [0.3, 0.4) is 0 Å². The molecule has 0 aliphatic heterocycles. The highest BCUT2D eigenvalue weighted by Crippen LogP contribution is 2.28. The highest BCUT2D eigenvalue weighted by atomic mass is 16.5.